The summed E-state index contributed by atoms with van der Waals surface area (Å²) in [6.45, 7) is 0. The molecule has 2 amide bonds. The molecule has 0 aromatic carbocycles. The molecule has 2 N–H and O–H groups in total. The van der Waals surface area contributed by atoms with Crippen LogP contribution in [0.4, 0.5) is 10.6 Å². The largest absolute Gasteiger partial charge is 0.335 e. The summed E-state index contributed by atoms with van der Waals surface area (Å²) < 4.78 is 1.75. The third-order valence-corrected chi connectivity index (χ3v) is 3.35. The Labute approximate surface area is 116 Å². The minimum Gasteiger partial charge on any atom is -0.335 e. The summed E-state index contributed by atoms with van der Waals surface area (Å²) in [7, 11) is 0. The van der Waals surface area contributed by atoms with Crippen molar-refractivity contribution >= 4 is 11.8 Å². The highest BCUT2D eigenvalue weighted by atomic mass is 16.2. The molecule has 2 aromatic heterocycles. The number of imidazole rings is 1. The number of rotatable bonds is 3. The van der Waals surface area contributed by atoms with Crippen LogP contribution in [0.2, 0.25) is 0 Å². The maximum Gasteiger partial charge on any atom is 0.320 e. The molecule has 3 rings (SSSR count). The predicted molar refractivity (Wildman–Crippen MR) is 73.6 cm³/mol. The van der Waals surface area contributed by atoms with Gasteiger partial charge in [0.25, 0.3) is 0 Å². The van der Waals surface area contributed by atoms with E-state index in [9.17, 15) is 4.79 Å². The molecule has 1 aliphatic rings. The van der Waals surface area contributed by atoms with Gasteiger partial charge in [0, 0.05) is 24.5 Å². The van der Waals surface area contributed by atoms with Crippen molar-refractivity contribution in [1.29, 1.82) is 0 Å². The summed E-state index contributed by atoms with van der Waals surface area (Å²) in [5.74, 6) is 1.13. The molecule has 2 heterocycles. The van der Waals surface area contributed by atoms with Crippen molar-refractivity contribution in [2.45, 2.75) is 31.7 Å². The van der Waals surface area contributed by atoms with Crippen molar-refractivity contribution in [3.05, 3.63) is 31.1 Å². The Morgan fingerprint density at radius 2 is 2.15 bits per heavy atom. The number of hydrogen-bond donors (Lipinski definition) is 2. The fourth-order valence-corrected chi connectivity index (χ4v) is 2.36. The van der Waals surface area contributed by atoms with Crippen LogP contribution in [0.3, 0.4) is 0 Å². The fourth-order valence-electron chi connectivity index (χ4n) is 2.36. The molecule has 7 heteroatoms. The fraction of sp³-hybridized carbons (Fsp3) is 0.385. The first-order chi connectivity index (χ1) is 9.81. The van der Waals surface area contributed by atoms with Crippen LogP contribution in [0, 0.1) is 0 Å². The lowest BCUT2D eigenvalue weighted by molar-refractivity contribution is 0.248. The summed E-state index contributed by atoms with van der Waals surface area (Å²) in [5.41, 5.74) is 0. The normalized spacial score (nSPS) is 15.2. The zero-order valence-corrected chi connectivity index (χ0v) is 11.0. The van der Waals surface area contributed by atoms with Crippen LogP contribution in [0.5, 0.6) is 0 Å². The molecule has 0 saturated heterocycles. The molecule has 0 spiro atoms. The van der Waals surface area contributed by atoms with Crippen molar-refractivity contribution < 1.29 is 4.79 Å². The Bertz CT molecular complexity index is 576. The van der Waals surface area contributed by atoms with Crippen LogP contribution in [0.15, 0.2) is 31.1 Å². The first-order valence-electron chi connectivity index (χ1n) is 6.69. The van der Waals surface area contributed by atoms with Gasteiger partial charge in [0.05, 0.1) is 0 Å². The average molecular weight is 272 g/mol. The predicted octanol–water partition coefficient (Wildman–Crippen LogP) is 1.73. The van der Waals surface area contributed by atoms with Crippen LogP contribution >= 0.6 is 0 Å². The number of hydrogen-bond acceptors (Lipinski definition) is 4. The zero-order valence-electron chi connectivity index (χ0n) is 11.0. The van der Waals surface area contributed by atoms with Crippen molar-refractivity contribution in [3.8, 4) is 5.82 Å². The topological polar surface area (TPSA) is 84.7 Å². The number of carbonyl (C=O) groups excluding carboxylic acids is 1. The van der Waals surface area contributed by atoms with Gasteiger partial charge in [-0.2, -0.15) is 0 Å². The highest BCUT2D eigenvalue weighted by Gasteiger charge is 2.17. The van der Waals surface area contributed by atoms with E-state index in [1.165, 1.54) is 19.2 Å². The molecule has 2 aromatic rings. The van der Waals surface area contributed by atoms with Crippen molar-refractivity contribution in [2.75, 3.05) is 5.32 Å². The van der Waals surface area contributed by atoms with Gasteiger partial charge < -0.3 is 5.32 Å². The minimum absolute atomic E-state index is 0.216. The number of amides is 2. The standard InChI is InChI=1S/C13H16N6O/c20-13(17-10-3-1-2-4-10)18-11-7-12(16-8-15-11)19-6-5-14-9-19/h5-10H,1-4H2,(H2,15,16,17,18,20). The second-order valence-corrected chi connectivity index (χ2v) is 4.81. The van der Waals surface area contributed by atoms with Gasteiger partial charge >= 0.3 is 6.03 Å². The number of nitrogens with one attached hydrogen (secondary N) is 2. The number of nitrogens with zero attached hydrogens (tertiary/aromatic N) is 4. The molecule has 0 atom stereocenters. The molecule has 1 fully saturated rings. The number of aromatic nitrogens is 4. The van der Waals surface area contributed by atoms with E-state index in [2.05, 4.69) is 25.6 Å². The molecular weight excluding hydrogens is 256 g/mol. The van der Waals surface area contributed by atoms with E-state index in [0.29, 0.717) is 11.6 Å². The molecule has 104 valence electrons. The van der Waals surface area contributed by atoms with Gasteiger partial charge in [-0.05, 0) is 12.8 Å². The van der Waals surface area contributed by atoms with E-state index >= 15 is 0 Å². The summed E-state index contributed by atoms with van der Waals surface area (Å²) >= 11 is 0. The Balaban J connectivity index is 1.65. The molecule has 20 heavy (non-hydrogen) atoms. The third kappa shape index (κ3) is 2.93. The maximum absolute atomic E-state index is 11.9. The average Bonchev–Trinajstić information content (AvgIpc) is 3.11. The molecule has 1 aliphatic carbocycles. The summed E-state index contributed by atoms with van der Waals surface area (Å²) in [4.78, 5) is 24.0. The van der Waals surface area contributed by atoms with Crippen LogP contribution < -0.4 is 10.6 Å². The second kappa shape index (κ2) is 5.68. The van der Waals surface area contributed by atoms with E-state index in [0.717, 1.165) is 12.8 Å². The highest BCUT2D eigenvalue weighted by molar-refractivity contribution is 5.88. The molecule has 0 unspecified atom stereocenters. The van der Waals surface area contributed by atoms with Gasteiger partial charge in [-0.1, -0.05) is 12.8 Å². The lowest BCUT2D eigenvalue weighted by Crippen LogP contribution is -2.36. The Morgan fingerprint density at radius 1 is 1.30 bits per heavy atom. The molecule has 0 aliphatic heterocycles. The zero-order chi connectivity index (χ0) is 13.8. The van der Waals surface area contributed by atoms with Gasteiger partial charge in [0.2, 0.25) is 0 Å². The van der Waals surface area contributed by atoms with E-state index in [1.807, 2.05) is 0 Å². The maximum atomic E-state index is 11.9. The van der Waals surface area contributed by atoms with E-state index in [1.54, 1.807) is 29.4 Å². The van der Waals surface area contributed by atoms with Gasteiger partial charge in [-0.15, -0.1) is 0 Å². The van der Waals surface area contributed by atoms with Crippen LogP contribution in [0.1, 0.15) is 25.7 Å². The first kappa shape index (κ1) is 12.6. The minimum atomic E-state index is -0.216. The van der Waals surface area contributed by atoms with Crippen molar-refractivity contribution in [3.63, 3.8) is 0 Å². The second-order valence-electron chi connectivity index (χ2n) is 4.81. The van der Waals surface area contributed by atoms with E-state index in [4.69, 9.17) is 0 Å². The first-order valence-corrected chi connectivity index (χ1v) is 6.69. The molecular formula is C13H16N6O. The van der Waals surface area contributed by atoms with Crippen molar-refractivity contribution in [1.82, 2.24) is 24.8 Å². The van der Waals surface area contributed by atoms with Gasteiger partial charge in [0.1, 0.15) is 24.3 Å². The van der Waals surface area contributed by atoms with Gasteiger partial charge in [-0.3, -0.25) is 9.88 Å². The molecule has 1 saturated carbocycles. The monoisotopic (exact) mass is 272 g/mol. The van der Waals surface area contributed by atoms with E-state index in [-0.39, 0.29) is 12.1 Å². The summed E-state index contributed by atoms with van der Waals surface area (Å²) in [5, 5.41) is 5.69. The Hall–Kier alpha value is -2.44. The van der Waals surface area contributed by atoms with Crippen LogP contribution in [0.25, 0.3) is 5.82 Å². The number of carbonyl (C=O) groups is 1. The quantitative estimate of drug-likeness (QED) is 0.891. The number of anilines is 1. The SMILES string of the molecule is O=C(Nc1cc(-n2ccnc2)ncn1)NC1CCCC1. The molecule has 7 nitrogen and oxygen atoms in total. The molecule has 0 radical (unpaired) electrons. The van der Waals surface area contributed by atoms with Gasteiger partial charge in [-0.25, -0.2) is 19.7 Å². The summed E-state index contributed by atoms with van der Waals surface area (Å²) in [6, 6.07) is 1.77. The third-order valence-electron chi connectivity index (χ3n) is 3.35. The lowest BCUT2D eigenvalue weighted by Gasteiger charge is -2.12. The van der Waals surface area contributed by atoms with Crippen LogP contribution in [-0.2, 0) is 0 Å². The number of urea groups is 1. The van der Waals surface area contributed by atoms with Gasteiger partial charge in [0.15, 0.2) is 0 Å². The molecule has 0 bridgehead atoms. The lowest BCUT2D eigenvalue weighted by atomic mass is 10.2. The van der Waals surface area contributed by atoms with Crippen LogP contribution in [-0.4, -0.2) is 31.6 Å². The smallest absolute Gasteiger partial charge is 0.320 e. The Kier molecular flexibility index (Phi) is 3.58. The van der Waals surface area contributed by atoms with Crippen molar-refractivity contribution in [2.24, 2.45) is 0 Å². The van der Waals surface area contributed by atoms with E-state index < -0.39 is 0 Å². The Morgan fingerprint density at radius 3 is 2.90 bits per heavy atom. The summed E-state index contributed by atoms with van der Waals surface area (Å²) in [6.07, 6.45) is 11.0. The highest BCUT2D eigenvalue weighted by Crippen LogP contribution is 2.17.